The average Bonchev–Trinajstić information content (AvgIpc) is 3.89. The molecule has 0 fully saturated rings. The Labute approximate surface area is 303 Å². The van der Waals surface area contributed by atoms with Crippen LogP contribution in [-0.2, 0) is 0 Å². The number of hydrogen-bond donors (Lipinski definition) is 0. The number of rotatable bonds is 5. The van der Waals surface area contributed by atoms with Gasteiger partial charge in [-0.1, -0.05) is 97.1 Å². The number of fused-ring (bicyclic) bond motifs is 9. The van der Waals surface area contributed by atoms with Gasteiger partial charge in [0, 0.05) is 64.3 Å². The van der Waals surface area contributed by atoms with Crippen LogP contribution in [-0.4, -0.2) is 0 Å². The molecule has 244 valence electrons. The summed E-state index contributed by atoms with van der Waals surface area (Å²) in [6.07, 6.45) is 0. The maximum atomic E-state index is 6.58. The van der Waals surface area contributed by atoms with E-state index in [1.807, 2.05) is 23.5 Å². The van der Waals surface area contributed by atoms with Crippen LogP contribution in [0.15, 0.2) is 185 Å². The van der Waals surface area contributed by atoms with E-state index in [0.29, 0.717) is 0 Å². The molecular weight excluding hydrogens is 655 g/mol. The summed E-state index contributed by atoms with van der Waals surface area (Å²) >= 11 is 1.85. The van der Waals surface area contributed by atoms with E-state index < -0.39 is 0 Å². The van der Waals surface area contributed by atoms with Crippen molar-refractivity contribution in [2.75, 3.05) is 4.90 Å². The standard InChI is InChI=1S/C48H29NO2S/c1-3-10-33(11-4-1)49(34-12-5-2-6-13-34)35-21-23-39-42-27-31(20-25-46(42)52-47(39)29-35)30-19-24-44-41(26-30)40-16-9-15-36(48(40)51-44)32-18-22-38-37-14-7-8-17-43(37)50-45(38)28-32/h1-29H. The summed E-state index contributed by atoms with van der Waals surface area (Å²) in [5.74, 6) is 0. The first kappa shape index (κ1) is 29.1. The second kappa shape index (κ2) is 11.5. The molecule has 0 saturated carbocycles. The molecule has 3 aromatic heterocycles. The molecule has 0 bridgehead atoms. The number of nitrogens with zero attached hydrogens (tertiary/aromatic N) is 1. The predicted octanol–water partition coefficient (Wildman–Crippen LogP) is 14.7. The fraction of sp³-hybridized carbons (Fsp3) is 0. The molecule has 3 nitrogen and oxygen atoms in total. The molecule has 0 aliphatic heterocycles. The van der Waals surface area contributed by atoms with E-state index in [-0.39, 0.29) is 0 Å². The number of anilines is 3. The second-order valence-corrected chi connectivity index (χ2v) is 14.4. The van der Waals surface area contributed by atoms with Crippen molar-refractivity contribution in [3.8, 4) is 22.3 Å². The zero-order valence-corrected chi connectivity index (χ0v) is 28.7. The van der Waals surface area contributed by atoms with Crippen molar-refractivity contribution in [3.63, 3.8) is 0 Å². The first-order valence-corrected chi connectivity index (χ1v) is 18.3. The summed E-state index contributed by atoms with van der Waals surface area (Å²) in [6, 6.07) is 62.5. The van der Waals surface area contributed by atoms with Crippen LogP contribution >= 0.6 is 11.3 Å². The lowest BCUT2D eigenvalue weighted by Crippen LogP contribution is -2.09. The van der Waals surface area contributed by atoms with Crippen LogP contribution in [0.25, 0.3) is 86.3 Å². The van der Waals surface area contributed by atoms with Crippen molar-refractivity contribution in [2.45, 2.75) is 0 Å². The second-order valence-electron chi connectivity index (χ2n) is 13.3. The van der Waals surface area contributed by atoms with Gasteiger partial charge in [-0.2, -0.15) is 0 Å². The molecule has 0 spiro atoms. The SMILES string of the molecule is c1ccc(N(c2ccccc2)c2ccc3c(c2)sc2ccc(-c4ccc5oc6c(-c7ccc8c(c7)oc7ccccc78)cccc6c5c4)cc23)cc1. The molecule has 8 aromatic carbocycles. The maximum absolute atomic E-state index is 6.58. The largest absolute Gasteiger partial charge is 0.456 e. The number of furan rings is 2. The predicted molar refractivity (Wildman–Crippen MR) is 219 cm³/mol. The van der Waals surface area contributed by atoms with Crippen molar-refractivity contribution >= 4 is 92.4 Å². The molecule has 11 rings (SSSR count). The van der Waals surface area contributed by atoms with Crippen LogP contribution in [0.1, 0.15) is 0 Å². The fourth-order valence-corrected chi connectivity index (χ4v) is 8.90. The number of thiophene rings is 1. The maximum Gasteiger partial charge on any atom is 0.143 e. The van der Waals surface area contributed by atoms with E-state index in [1.54, 1.807) is 0 Å². The van der Waals surface area contributed by atoms with Crippen molar-refractivity contribution < 1.29 is 8.83 Å². The quantitative estimate of drug-likeness (QED) is 0.181. The van der Waals surface area contributed by atoms with Gasteiger partial charge in [-0.05, 0) is 95.6 Å². The van der Waals surface area contributed by atoms with Gasteiger partial charge in [-0.15, -0.1) is 11.3 Å². The van der Waals surface area contributed by atoms with Gasteiger partial charge in [0.05, 0.1) is 0 Å². The third-order valence-corrected chi connectivity index (χ3v) is 11.4. The average molecular weight is 684 g/mol. The van der Waals surface area contributed by atoms with Gasteiger partial charge in [0.25, 0.3) is 0 Å². The molecule has 4 heteroatoms. The summed E-state index contributed by atoms with van der Waals surface area (Å²) in [5, 5.41) is 7.02. The van der Waals surface area contributed by atoms with E-state index >= 15 is 0 Å². The van der Waals surface area contributed by atoms with E-state index in [9.17, 15) is 0 Å². The molecule has 0 saturated heterocycles. The van der Waals surface area contributed by atoms with Crippen molar-refractivity contribution in [2.24, 2.45) is 0 Å². The van der Waals surface area contributed by atoms with Crippen LogP contribution in [0, 0.1) is 0 Å². The lowest BCUT2D eigenvalue weighted by molar-refractivity contribution is 0.668. The molecule has 0 unspecified atom stereocenters. The van der Waals surface area contributed by atoms with Crippen LogP contribution in [0.5, 0.6) is 0 Å². The van der Waals surface area contributed by atoms with Gasteiger partial charge in [0.1, 0.15) is 22.3 Å². The third-order valence-electron chi connectivity index (χ3n) is 10.3. The van der Waals surface area contributed by atoms with Crippen LogP contribution < -0.4 is 4.90 Å². The first-order valence-electron chi connectivity index (χ1n) is 17.5. The number of para-hydroxylation sites is 4. The minimum absolute atomic E-state index is 0.881. The Kier molecular flexibility index (Phi) is 6.42. The molecule has 3 heterocycles. The Morgan fingerprint density at radius 3 is 1.83 bits per heavy atom. The Bertz CT molecular complexity index is 3090. The van der Waals surface area contributed by atoms with E-state index in [4.69, 9.17) is 8.83 Å². The van der Waals surface area contributed by atoms with Crippen molar-refractivity contribution in [1.82, 2.24) is 0 Å². The lowest BCUT2D eigenvalue weighted by Gasteiger charge is -2.25. The van der Waals surface area contributed by atoms with Crippen LogP contribution in [0.2, 0.25) is 0 Å². The van der Waals surface area contributed by atoms with Gasteiger partial charge in [-0.25, -0.2) is 0 Å². The zero-order chi connectivity index (χ0) is 34.2. The third kappa shape index (κ3) is 4.58. The van der Waals surface area contributed by atoms with Crippen LogP contribution in [0.3, 0.4) is 0 Å². The zero-order valence-electron chi connectivity index (χ0n) is 27.9. The minimum atomic E-state index is 0.881. The summed E-state index contributed by atoms with van der Waals surface area (Å²) in [7, 11) is 0. The summed E-state index contributed by atoms with van der Waals surface area (Å²) < 4.78 is 15.3. The molecule has 52 heavy (non-hydrogen) atoms. The molecule has 0 aliphatic rings. The normalized spacial score (nSPS) is 11.8. The fourth-order valence-electron chi connectivity index (χ4n) is 7.78. The van der Waals surface area contributed by atoms with E-state index in [0.717, 1.165) is 72.1 Å². The molecule has 0 atom stereocenters. The van der Waals surface area contributed by atoms with Crippen LogP contribution in [0.4, 0.5) is 17.1 Å². The highest BCUT2D eigenvalue weighted by atomic mass is 32.1. The molecule has 0 radical (unpaired) electrons. The van der Waals surface area contributed by atoms with Gasteiger partial charge < -0.3 is 13.7 Å². The monoisotopic (exact) mass is 683 g/mol. The van der Waals surface area contributed by atoms with E-state index in [2.05, 4.69) is 169 Å². The minimum Gasteiger partial charge on any atom is -0.456 e. The summed E-state index contributed by atoms with van der Waals surface area (Å²) in [4.78, 5) is 2.32. The summed E-state index contributed by atoms with van der Waals surface area (Å²) in [6.45, 7) is 0. The highest BCUT2D eigenvalue weighted by Gasteiger charge is 2.17. The van der Waals surface area contributed by atoms with Crippen molar-refractivity contribution in [3.05, 3.63) is 176 Å². The molecule has 11 aromatic rings. The highest BCUT2D eigenvalue weighted by molar-refractivity contribution is 7.25. The molecule has 0 aliphatic carbocycles. The number of hydrogen-bond acceptors (Lipinski definition) is 4. The molecule has 0 amide bonds. The Balaban J connectivity index is 0.988. The lowest BCUT2D eigenvalue weighted by atomic mass is 9.99. The van der Waals surface area contributed by atoms with Gasteiger partial charge in [0.2, 0.25) is 0 Å². The highest BCUT2D eigenvalue weighted by Crippen LogP contribution is 2.43. The van der Waals surface area contributed by atoms with E-state index in [1.165, 1.54) is 31.3 Å². The molecule has 0 N–H and O–H groups in total. The first-order chi connectivity index (χ1) is 25.7. The topological polar surface area (TPSA) is 29.5 Å². The van der Waals surface area contributed by atoms with Gasteiger partial charge in [0.15, 0.2) is 0 Å². The Morgan fingerprint density at radius 2 is 1.00 bits per heavy atom. The van der Waals surface area contributed by atoms with Gasteiger partial charge in [-0.3, -0.25) is 0 Å². The number of benzene rings is 8. The smallest absolute Gasteiger partial charge is 0.143 e. The van der Waals surface area contributed by atoms with Gasteiger partial charge >= 0.3 is 0 Å². The molecular formula is C48H29NO2S. The Morgan fingerprint density at radius 1 is 0.346 bits per heavy atom. The summed E-state index contributed by atoms with van der Waals surface area (Å²) in [5.41, 5.74) is 11.5. The Hall–Kier alpha value is -6.62. The van der Waals surface area contributed by atoms with Crippen molar-refractivity contribution in [1.29, 1.82) is 0 Å².